The molecule has 1 aromatic rings. The van der Waals surface area contributed by atoms with Crippen molar-refractivity contribution in [1.29, 1.82) is 0 Å². The van der Waals surface area contributed by atoms with Gasteiger partial charge in [-0.05, 0) is 0 Å². The number of unbranched alkanes of at least 4 members (excludes halogenated alkanes) is 1. The molecule has 0 fully saturated rings. The van der Waals surface area contributed by atoms with Gasteiger partial charge in [0.15, 0.2) is 0 Å². The molecule has 0 saturated carbocycles. The maximum absolute atomic E-state index is 4.19. The van der Waals surface area contributed by atoms with Crippen molar-refractivity contribution < 1.29 is 18.9 Å². The van der Waals surface area contributed by atoms with Gasteiger partial charge in [0.1, 0.15) is 0 Å². The van der Waals surface area contributed by atoms with Gasteiger partial charge in [0.2, 0.25) is 0 Å². The fraction of sp³-hybridized carbons (Fsp3) is 0.444. The first kappa shape index (κ1) is 10.7. The molecule has 0 aliphatic carbocycles. The van der Waals surface area contributed by atoms with E-state index in [0.717, 1.165) is 12.1 Å². The largest absolute Gasteiger partial charge is 1.00 e. The van der Waals surface area contributed by atoms with Gasteiger partial charge in [-0.1, -0.05) is 38.1 Å². The summed E-state index contributed by atoms with van der Waals surface area (Å²) in [7, 11) is 0. The maximum atomic E-state index is 4.19. The van der Waals surface area contributed by atoms with Crippen LogP contribution in [0.3, 0.4) is 0 Å². The van der Waals surface area contributed by atoms with Crippen LogP contribution >= 0.6 is 0 Å². The van der Waals surface area contributed by atoms with Crippen LogP contribution in [0.15, 0.2) is 18.3 Å². The molecule has 0 atom stereocenters. The van der Waals surface area contributed by atoms with Crippen molar-refractivity contribution in [3.8, 4) is 0 Å². The van der Waals surface area contributed by atoms with E-state index in [4.69, 9.17) is 0 Å². The van der Waals surface area contributed by atoms with Crippen LogP contribution in [0.4, 0.5) is 0 Å². The third kappa shape index (κ3) is 4.24. The summed E-state index contributed by atoms with van der Waals surface area (Å²) in [5.74, 6) is 0. The molecular weight excluding hydrogens is 129 g/mol. The molecule has 0 aromatic carbocycles. The standard InChI is InChI=1S/C9H12N.Li/c1-2-3-6-9-7-4-5-8-10-9;/h5,7-8H,2-3,6H2,1H3;/q-1;+1. The second kappa shape index (κ2) is 6.46. The van der Waals surface area contributed by atoms with Crippen molar-refractivity contribution in [3.05, 3.63) is 30.1 Å². The van der Waals surface area contributed by atoms with Crippen LogP contribution in [0.1, 0.15) is 25.5 Å². The summed E-state index contributed by atoms with van der Waals surface area (Å²) in [6, 6.07) is 6.79. The molecule has 54 valence electrons. The van der Waals surface area contributed by atoms with Crippen molar-refractivity contribution in [3.63, 3.8) is 0 Å². The zero-order chi connectivity index (χ0) is 7.23. The molecule has 1 aromatic heterocycles. The average molecular weight is 141 g/mol. The van der Waals surface area contributed by atoms with Crippen LogP contribution in [0.2, 0.25) is 0 Å². The number of hydrogen-bond donors (Lipinski definition) is 0. The van der Waals surface area contributed by atoms with Crippen molar-refractivity contribution in [2.45, 2.75) is 26.2 Å². The minimum atomic E-state index is 0. The minimum absolute atomic E-state index is 0. The minimum Gasteiger partial charge on any atom is -0.388 e. The molecule has 11 heavy (non-hydrogen) atoms. The third-order valence-corrected chi connectivity index (χ3v) is 1.45. The second-order valence-electron chi connectivity index (χ2n) is 2.35. The van der Waals surface area contributed by atoms with E-state index < -0.39 is 0 Å². The normalized spacial score (nSPS) is 8.82. The fourth-order valence-electron chi connectivity index (χ4n) is 0.852. The number of aromatic nitrogens is 1. The first-order chi connectivity index (χ1) is 4.93. The summed E-state index contributed by atoms with van der Waals surface area (Å²) < 4.78 is 0. The van der Waals surface area contributed by atoms with Crippen molar-refractivity contribution in [2.75, 3.05) is 0 Å². The maximum Gasteiger partial charge on any atom is 1.00 e. The van der Waals surface area contributed by atoms with Gasteiger partial charge in [0, 0.05) is 0 Å². The Labute approximate surface area is 80.4 Å². The number of rotatable bonds is 3. The summed E-state index contributed by atoms with van der Waals surface area (Å²) in [6.07, 6.45) is 5.35. The summed E-state index contributed by atoms with van der Waals surface area (Å²) in [5.41, 5.74) is 1.16. The van der Waals surface area contributed by atoms with Crippen LogP contribution in [0, 0.1) is 6.07 Å². The number of aryl methyl sites for hydroxylation is 1. The zero-order valence-corrected chi connectivity index (χ0v) is 7.30. The first-order valence-electron chi connectivity index (χ1n) is 3.74. The Kier molecular flexibility index (Phi) is 6.31. The van der Waals surface area contributed by atoms with Crippen molar-refractivity contribution in [2.24, 2.45) is 0 Å². The quantitative estimate of drug-likeness (QED) is 0.398. The van der Waals surface area contributed by atoms with E-state index in [1.165, 1.54) is 12.8 Å². The van der Waals surface area contributed by atoms with Gasteiger partial charge in [0.25, 0.3) is 0 Å². The molecular formula is C9H12LiN. The fourth-order valence-corrected chi connectivity index (χ4v) is 0.852. The van der Waals surface area contributed by atoms with Crippen LogP contribution in [0.5, 0.6) is 0 Å². The molecule has 0 unspecified atom stereocenters. The van der Waals surface area contributed by atoms with E-state index in [-0.39, 0.29) is 18.9 Å². The van der Waals surface area contributed by atoms with Gasteiger partial charge in [0.05, 0.1) is 0 Å². The molecule has 0 spiro atoms. The van der Waals surface area contributed by atoms with Gasteiger partial charge in [-0.15, -0.1) is 0 Å². The SMILES string of the molecule is CCCCc1c[c-]ccn1.[Li+]. The van der Waals surface area contributed by atoms with Gasteiger partial charge in [-0.25, -0.2) is 0 Å². The van der Waals surface area contributed by atoms with Crippen LogP contribution in [-0.4, -0.2) is 4.98 Å². The van der Waals surface area contributed by atoms with Gasteiger partial charge >= 0.3 is 18.9 Å². The molecule has 2 heteroatoms. The van der Waals surface area contributed by atoms with Crippen LogP contribution < -0.4 is 18.9 Å². The Balaban J connectivity index is 0.000001000. The summed E-state index contributed by atoms with van der Waals surface area (Å²) in [6.45, 7) is 2.19. The summed E-state index contributed by atoms with van der Waals surface area (Å²) >= 11 is 0. The predicted octanol–water partition coefficient (Wildman–Crippen LogP) is -0.772. The van der Waals surface area contributed by atoms with Gasteiger partial charge < -0.3 is 4.98 Å². The molecule has 0 bridgehead atoms. The summed E-state index contributed by atoms with van der Waals surface area (Å²) in [4.78, 5) is 4.19. The van der Waals surface area contributed by atoms with E-state index in [2.05, 4.69) is 18.0 Å². The average Bonchev–Trinajstić information content (AvgIpc) is 2.03. The smallest absolute Gasteiger partial charge is 0.388 e. The summed E-state index contributed by atoms with van der Waals surface area (Å²) in [5, 5.41) is 0. The Morgan fingerprint density at radius 3 is 2.91 bits per heavy atom. The second-order valence-corrected chi connectivity index (χ2v) is 2.35. The van der Waals surface area contributed by atoms with Crippen molar-refractivity contribution in [1.82, 2.24) is 4.98 Å². The van der Waals surface area contributed by atoms with Crippen LogP contribution in [0.25, 0.3) is 0 Å². The Morgan fingerprint density at radius 1 is 1.55 bits per heavy atom. The van der Waals surface area contributed by atoms with Crippen LogP contribution in [-0.2, 0) is 6.42 Å². The molecule has 0 aliphatic rings. The van der Waals surface area contributed by atoms with Crippen molar-refractivity contribution >= 4 is 0 Å². The van der Waals surface area contributed by atoms with E-state index in [1.807, 2.05) is 12.1 Å². The molecule has 1 heterocycles. The molecule has 1 nitrogen and oxygen atoms in total. The molecule has 1 rings (SSSR count). The third-order valence-electron chi connectivity index (χ3n) is 1.45. The molecule has 0 saturated heterocycles. The molecule has 0 N–H and O–H groups in total. The Morgan fingerprint density at radius 2 is 2.36 bits per heavy atom. The Bertz CT molecular complexity index is 174. The van der Waals surface area contributed by atoms with Gasteiger partial charge in [-0.2, -0.15) is 18.2 Å². The van der Waals surface area contributed by atoms with E-state index in [9.17, 15) is 0 Å². The monoisotopic (exact) mass is 141 g/mol. The number of hydrogen-bond acceptors (Lipinski definition) is 1. The first-order valence-corrected chi connectivity index (χ1v) is 3.74. The zero-order valence-electron chi connectivity index (χ0n) is 7.30. The number of pyridine rings is 1. The van der Waals surface area contributed by atoms with E-state index in [0.29, 0.717) is 0 Å². The number of nitrogens with zero attached hydrogens (tertiary/aromatic N) is 1. The molecule has 0 radical (unpaired) electrons. The van der Waals surface area contributed by atoms with Gasteiger partial charge in [-0.3, -0.25) is 0 Å². The Hall–Kier alpha value is -0.253. The molecule has 0 amide bonds. The predicted molar refractivity (Wildman–Crippen MR) is 41.7 cm³/mol. The topological polar surface area (TPSA) is 12.9 Å². The van der Waals surface area contributed by atoms with E-state index >= 15 is 0 Å². The molecule has 0 aliphatic heterocycles. The van der Waals surface area contributed by atoms with E-state index in [1.54, 1.807) is 6.20 Å².